The van der Waals surface area contributed by atoms with Crippen molar-refractivity contribution >= 4 is 23.9 Å². The highest BCUT2D eigenvalue weighted by Crippen LogP contribution is 2.08. The van der Waals surface area contributed by atoms with Crippen LogP contribution < -0.4 is 0 Å². The first-order valence-electron chi connectivity index (χ1n) is 8.54. The molecule has 0 aliphatic heterocycles. The molecule has 0 aliphatic rings. The van der Waals surface area contributed by atoms with Gasteiger partial charge in [0.05, 0.1) is 13.2 Å². The molecule has 11 heteroatoms. The van der Waals surface area contributed by atoms with Crippen LogP contribution in [0.4, 0.5) is 0 Å². The lowest BCUT2D eigenvalue weighted by Crippen LogP contribution is -2.15. The summed E-state index contributed by atoms with van der Waals surface area (Å²) in [6.07, 6.45) is 5.99. The molecule has 0 aliphatic carbocycles. The number of rotatable bonds is 13. The fraction of sp³-hybridized carbons (Fsp3) is 0.647. The Morgan fingerprint density at radius 1 is 0.607 bits per heavy atom. The second-order valence-corrected chi connectivity index (χ2v) is 5.44. The standard InChI is InChI=1S/C10H18O4.C4H4O4.C3H8O3/c11-9(12)7-5-3-1-2-4-6-8-10(13)14;5-3(6)1-2-4(7)8;4-1-3(6)2-5/h1-8H2,(H,11,12)(H,13,14);1-2H,(H,5,6)(H,7,8);3-6H,1-2H2/b;2-1+;. The van der Waals surface area contributed by atoms with Gasteiger partial charge in [-0.15, -0.1) is 0 Å². The van der Waals surface area contributed by atoms with E-state index in [9.17, 15) is 19.2 Å². The second-order valence-electron chi connectivity index (χ2n) is 5.44. The van der Waals surface area contributed by atoms with Gasteiger partial charge in [-0.2, -0.15) is 0 Å². The molecular formula is C17H30O11. The third-order valence-electron chi connectivity index (χ3n) is 2.82. The SMILES string of the molecule is O=C(O)/C=C/C(=O)O.O=C(O)CCCCCCCCC(=O)O.OCC(O)CO. The summed E-state index contributed by atoms with van der Waals surface area (Å²) in [4.78, 5) is 39.4. The minimum Gasteiger partial charge on any atom is -0.481 e. The molecule has 0 aromatic carbocycles. The number of hydrogen-bond acceptors (Lipinski definition) is 7. The summed E-state index contributed by atoms with van der Waals surface area (Å²) in [5.74, 6) is -3.99. The molecule has 28 heavy (non-hydrogen) atoms. The average molecular weight is 410 g/mol. The number of aliphatic hydroxyl groups excluding tert-OH is 3. The molecule has 0 spiro atoms. The fourth-order valence-corrected chi connectivity index (χ4v) is 1.46. The van der Waals surface area contributed by atoms with Gasteiger partial charge in [-0.3, -0.25) is 9.59 Å². The van der Waals surface area contributed by atoms with Gasteiger partial charge in [0.25, 0.3) is 0 Å². The number of unbranched alkanes of at least 4 members (excludes halogenated alkanes) is 5. The molecule has 0 bridgehead atoms. The van der Waals surface area contributed by atoms with Crippen LogP contribution in [0, 0.1) is 0 Å². The van der Waals surface area contributed by atoms with E-state index in [0.717, 1.165) is 38.5 Å². The Morgan fingerprint density at radius 3 is 1.07 bits per heavy atom. The molecule has 0 unspecified atom stereocenters. The minimum atomic E-state index is -1.26. The van der Waals surface area contributed by atoms with Crippen LogP contribution in [0.15, 0.2) is 12.2 Å². The highest BCUT2D eigenvalue weighted by atomic mass is 16.4. The van der Waals surface area contributed by atoms with E-state index in [-0.39, 0.29) is 26.1 Å². The van der Waals surface area contributed by atoms with Gasteiger partial charge in [-0.25, -0.2) is 9.59 Å². The van der Waals surface area contributed by atoms with Crippen LogP contribution in [-0.4, -0.2) is 78.9 Å². The van der Waals surface area contributed by atoms with Crippen molar-refractivity contribution in [2.45, 2.75) is 57.5 Å². The van der Waals surface area contributed by atoms with Gasteiger partial charge in [-0.1, -0.05) is 25.7 Å². The predicted molar refractivity (Wildman–Crippen MR) is 96.8 cm³/mol. The number of carboxylic acid groups (broad SMARTS) is 4. The van der Waals surface area contributed by atoms with Crippen LogP contribution in [0.5, 0.6) is 0 Å². The van der Waals surface area contributed by atoms with Crippen LogP contribution in [0.2, 0.25) is 0 Å². The molecule has 0 fully saturated rings. The first kappa shape index (κ1) is 30.2. The molecule has 0 saturated carbocycles. The van der Waals surface area contributed by atoms with Crippen LogP contribution in [0.3, 0.4) is 0 Å². The maximum atomic E-state index is 10.1. The molecule has 11 nitrogen and oxygen atoms in total. The van der Waals surface area contributed by atoms with E-state index >= 15 is 0 Å². The lowest BCUT2D eigenvalue weighted by atomic mass is 10.1. The maximum Gasteiger partial charge on any atom is 0.328 e. The summed E-state index contributed by atoms with van der Waals surface area (Å²) in [7, 11) is 0. The zero-order chi connectivity index (χ0) is 22.4. The van der Waals surface area contributed by atoms with Crippen LogP contribution in [-0.2, 0) is 19.2 Å². The van der Waals surface area contributed by atoms with Crippen molar-refractivity contribution in [3.05, 3.63) is 12.2 Å². The first-order valence-corrected chi connectivity index (χ1v) is 8.54. The molecule has 0 radical (unpaired) electrons. The van der Waals surface area contributed by atoms with Crippen LogP contribution in [0.1, 0.15) is 51.4 Å². The number of aliphatic hydroxyl groups is 3. The molecule has 0 atom stereocenters. The van der Waals surface area contributed by atoms with Crippen molar-refractivity contribution in [2.24, 2.45) is 0 Å². The summed E-state index contributed by atoms with van der Waals surface area (Å²) in [5.41, 5.74) is 0. The van der Waals surface area contributed by atoms with E-state index in [0.29, 0.717) is 12.2 Å². The Kier molecular flexibility index (Phi) is 24.3. The Labute approximate surface area is 162 Å². The van der Waals surface area contributed by atoms with E-state index in [1.54, 1.807) is 0 Å². The summed E-state index contributed by atoms with van der Waals surface area (Å²) in [6.45, 7) is -0.729. The quantitative estimate of drug-likeness (QED) is 0.162. The molecule has 0 saturated heterocycles. The summed E-state index contributed by atoms with van der Waals surface area (Å²) < 4.78 is 0. The van der Waals surface area contributed by atoms with Crippen LogP contribution in [0.25, 0.3) is 0 Å². The molecule has 0 aromatic heterocycles. The van der Waals surface area contributed by atoms with E-state index in [2.05, 4.69) is 0 Å². The van der Waals surface area contributed by atoms with Crippen molar-refractivity contribution < 1.29 is 54.9 Å². The van der Waals surface area contributed by atoms with E-state index in [4.69, 9.17) is 35.7 Å². The Balaban J connectivity index is -0.000000376. The van der Waals surface area contributed by atoms with E-state index in [1.807, 2.05) is 0 Å². The number of aliphatic carboxylic acids is 4. The first-order chi connectivity index (χ1) is 13.1. The Hall–Kier alpha value is -2.50. The third kappa shape index (κ3) is 38.8. The third-order valence-corrected chi connectivity index (χ3v) is 2.82. The smallest absolute Gasteiger partial charge is 0.328 e. The Morgan fingerprint density at radius 2 is 0.893 bits per heavy atom. The second kappa shape index (κ2) is 22.5. The van der Waals surface area contributed by atoms with Gasteiger partial charge in [-0.05, 0) is 12.8 Å². The van der Waals surface area contributed by atoms with Gasteiger partial charge < -0.3 is 35.7 Å². The lowest BCUT2D eigenvalue weighted by Gasteiger charge is -1.98. The molecule has 0 aromatic rings. The molecular weight excluding hydrogens is 380 g/mol. The number of hydrogen-bond donors (Lipinski definition) is 7. The molecule has 0 rings (SSSR count). The number of carboxylic acids is 4. The predicted octanol–water partition coefficient (Wildman–Crippen LogP) is 0.320. The summed E-state index contributed by atoms with van der Waals surface area (Å²) in [6, 6.07) is 0. The zero-order valence-corrected chi connectivity index (χ0v) is 15.6. The van der Waals surface area contributed by atoms with E-state index in [1.165, 1.54) is 0 Å². The Bertz CT molecular complexity index is 420. The van der Waals surface area contributed by atoms with E-state index < -0.39 is 30.0 Å². The van der Waals surface area contributed by atoms with Gasteiger partial charge in [0.2, 0.25) is 0 Å². The summed E-state index contributed by atoms with van der Waals surface area (Å²) >= 11 is 0. The van der Waals surface area contributed by atoms with Crippen molar-refractivity contribution in [3.8, 4) is 0 Å². The fourth-order valence-electron chi connectivity index (χ4n) is 1.46. The minimum absolute atomic E-state index is 0.245. The molecule has 0 heterocycles. The molecule has 164 valence electrons. The van der Waals surface area contributed by atoms with Gasteiger partial charge in [0.1, 0.15) is 6.10 Å². The molecule has 7 N–H and O–H groups in total. The topological polar surface area (TPSA) is 210 Å². The maximum absolute atomic E-state index is 10.1. The zero-order valence-electron chi connectivity index (χ0n) is 15.6. The largest absolute Gasteiger partial charge is 0.481 e. The highest BCUT2D eigenvalue weighted by molar-refractivity contribution is 5.89. The highest BCUT2D eigenvalue weighted by Gasteiger charge is 1.98. The van der Waals surface area contributed by atoms with Crippen LogP contribution >= 0.6 is 0 Å². The van der Waals surface area contributed by atoms with Crippen molar-refractivity contribution in [3.63, 3.8) is 0 Å². The van der Waals surface area contributed by atoms with Gasteiger partial charge in [0, 0.05) is 25.0 Å². The van der Waals surface area contributed by atoms with Crippen molar-refractivity contribution in [1.82, 2.24) is 0 Å². The monoisotopic (exact) mass is 410 g/mol. The van der Waals surface area contributed by atoms with Gasteiger partial charge in [0.15, 0.2) is 0 Å². The normalized spacial score (nSPS) is 9.86. The van der Waals surface area contributed by atoms with Crippen molar-refractivity contribution in [1.29, 1.82) is 0 Å². The van der Waals surface area contributed by atoms with Crippen molar-refractivity contribution in [2.75, 3.05) is 13.2 Å². The average Bonchev–Trinajstić information content (AvgIpc) is 2.62. The lowest BCUT2D eigenvalue weighted by molar-refractivity contribution is -0.138. The van der Waals surface area contributed by atoms with Gasteiger partial charge >= 0.3 is 23.9 Å². The summed E-state index contributed by atoms with van der Waals surface area (Å²) in [5, 5.41) is 56.3. The molecule has 0 amide bonds. The number of carbonyl (C=O) groups is 4.